The first-order valence-electron chi connectivity index (χ1n) is 5.63. The Hall–Kier alpha value is -1.26. The zero-order valence-electron chi connectivity index (χ0n) is 10.8. The van der Waals surface area contributed by atoms with Crippen LogP contribution in [0.1, 0.15) is 30.6 Å². The van der Waals surface area contributed by atoms with Gasteiger partial charge in [-0.15, -0.1) is 0 Å². The summed E-state index contributed by atoms with van der Waals surface area (Å²) in [5.74, 6) is -0.413. The molecule has 2 N–H and O–H groups in total. The number of nitrogens with two attached hydrogens (primary N) is 1. The maximum atomic E-state index is 11.7. The number of esters is 1. The molecule has 18 heavy (non-hydrogen) atoms. The first kappa shape index (κ1) is 14.8. The van der Waals surface area contributed by atoms with Crippen LogP contribution in [0.2, 0.25) is 5.02 Å². The molecule has 0 spiro atoms. The molecule has 0 saturated carbocycles. The van der Waals surface area contributed by atoms with Crippen molar-refractivity contribution in [3.8, 4) is 0 Å². The summed E-state index contributed by atoms with van der Waals surface area (Å²) in [6.07, 6.45) is 0.623. The van der Waals surface area contributed by atoms with Gasteiger partial charge in [0.05, 0.1) is 28.5 Å². The van der Waals surface area contributed by atoms with Crippen molar-refractivity contribution in [3.63, 3.8) is 0 Å². The quantitative estimate of drug-likeness (QED) is 0.661. The summed E-state index contributed by atoms with van der Waals surface area (Å²) >= 11 is 5.83. The van der Waals surface area contributed by atoms with E-state index in [1.54, 1.807) is 19.2 Å². The minimum atomic E-state index is -0.413. The van der Waals surface area contributed by atoms with Gasteiger partial charge in [0.2, 0.25) is 0 Å². The first-order valence-corrected chi connectivity index (χ1v) is 6.01. The van der Waals surface area contributed by atoms with E-state index in [1.165, 1.54) is 6.07 Å². The Morgan fingerprint density at radius 3 is 2.67 bits per heavy atom. The van der Waals surface area contributed by atoms with Gasteiger partial charge in [-0.3, -0.25) is 0 Å². The van der Waals surface area contributed by atoms with E-state index < -0.39 is 5.97 Å². The highest BCUT2D eigenvalue weighted by molar-refractivity contribution is 6.33. The maximum Gasteiger partial charge on any atom is 0.338 e. The Bertz CT molecular complexity index is 432. The highest BCUT2D eigenvalue weighted by Gasteiger charge is 2.17. The Morgan fingerprint density at radius 2 is 2.11 bits per heavy atom. The summed E-state index contributed by atoms with van der Waals surface area (Å²) in [5.41, 5.74) is 6.09. The fraction of sp³-hybridized carbons (Fsp3) is 0.462. The van der Waals surface area contributed by atoms with Crippen molar-refractivity contribution in [2.75, 3.05) is 19.5 Å². The maximum absolute atomic E-state index is 11.7. The van der Waals surface area contributed by atoms with Crippen LogP contribution in [0.25, 0.3) is 0 Å². The molecular weight excluding hydrogens is 254 g/mol. The molecule has 0 aliphatic heterocycles. The zero-order valence-corrected chi connectivity index (χ0v) is 11.6. The fourth-order valence-electron chi connectivity index (χ4n) is 1.23. The molecule has 0 radical (unpaired) electrons. The third-order valence-electron chi connectivity index (χ3n) is 2.73. The first-order chi connectivity index (χ1) is 8.35. The smallest absolute Gasteiger partial charge is 0.338 e. The molecule has 1 aromatic rings. The third kappa shape index (κ3) is 4.20. The van der Waals surface area contributed by atoms with Gasteiger partial charge in [0.25, 0.3) is 0 Å². The minimum absolute atomic E-state index is 0.293. The highest BCUT2D eigenvalue weighted by Crippen LogP contribution is 2.20. The third-order valence-corrected chi connectivity index (χ3v) is 3.05. The van der Waals surface area contributed by atoms with E-state index in [9.17, 15) is 4.79 Å². The normalized spacial score (nSPS) is 11.3. The van der Waals surface area contributed by atoms with E-state index in [4.69, 9.17) is 26.8 Å². The monoisotopic (exact) mass is 271 g/mol. The van der Waals surface area contributed by atoms with Gasteiger partial charge in [-0.1, -0.05) is 11.6 Å². The van der Waals surface area contributed by atoms with Gasteiger partial charge >= 0.3 is 5.97 Å². The topological polar surface area (TPSA) is 61.5 Å². The van der Waals surface area contributed by atoms with E-state index in [2.05, 4.69) is 0 Å². The number of nitrogen functional groups attached to an aromatic ring is 1. The van der Waals surface area contributed by atoms with Gasteiger partial charge in [-0.25, -0.2) is 4.79 Å². The van der Waals surface area contributed by atoms with Crippen LogP contribution in [0.3, 0.4) is 0 Å². The number of hydrogen-bond acceptors (Lipinski definition) is 4. The van der Waals surface area contributed by atoms with Crippen molar-refractivity contribution in [3.05, 3.63) is 28.8 Å². The summed E-state index contributed by atoms with van der Waals surface area (Å²) < 4.78 is 10.4. The Morgan fingerprint density at radius 1 is 1.44 bits per heavy atom. The lowest BCUT2D eigenvalue weighted by molar-refractivity contribution is -0.00563. The van der Waals surface area contributed by atoms with Crippen molar-refractivity contribution in [2.45, 2.75) is 25.9 Å². The van der Waals surface area contributed by atoms with Crippen LogP contribution in [0.4, 0.5) is 5.69 Å². The molecule has 0 aliphatic rings. The molecule has 0 aromatic heterocycles. The molecule has 0 heterocycles. The predicted molar refractivity (Wildman–Crippen MR) is 71.9 cm³/mol. The molecule has 0 atom stereocenters. The summed E-state index contributed by atoms with van der Waals surface area (Å²) in [4.78, 5) is 11.7. The number of benzene rings is 1. The van der Waals surface area contributed by atoms with Crippen molar-refractivity contribution >= 4 is 23.3 Å². The Balaban J connectivity index is 2.53. The molecule has 0 saturated heterocycles. The number of halogens is 1. The van der Waals surface area contributed by atoms with Gasteiger partial charge in [0.15, 0.2) is 0 Å². The van der Waals surface area contributed by atoms with E-state index >= 15 is 0 Å². The standard InChI is InChI=1S/C13H18ClNO3/c1-13(2,17-3)6-7-18-12(16)9-4-5-11(15)10(14)8-9/h4-5,8H,6-7,15H2,1-3H3. The van der Waals surface area contributed by atoms with Gasteiger partial charge in [0.1, 0.15) is 0 Å². The molecule has 100 valence electrons. The molecule has 0 aliphatic carbocycles. The van der Waals surface area contributed by atoms with Crippen LogP contribution in [0.15, 0.2) is 18.2 Å². The average molecular weight is 272 g/mol. The van der Waals surface area contributed by atoms with Crippen LogP contribution in [0.5, 0.6) is 0 Å². The Kier molecular flexibility index (Phi) is 4.99. The van der Waals surface area contributed by atoms with Gasteiger partial charge in [0, 0.05) is 13.5 Å². The van der Waals surface area contributed by atoms with E-state index in [0.717, 1.165) is 0 Å². The number of anilines is 1. The lowest BCUT2D eigenvalue weighted by atomic mass is 10.1. The molecule has 1 aromatic carbocycles. The Labute approximate surface area is 112 Å². The molecule has 1 rings (SSSR count). The van der Waals surface area contributed by atoms with Gasteiger partial charge < -0.3 is 15.2 Å². The summed E-state index contributed by atoms with van der Waals surface area (Å²) in [6.45, 7) is 4.16. The second kappa shape index (κ2) is 6.07. The molecule has 5 heteroatoms. The summed E-state index contributed by atoms with van der Waals surface area (Å²) in [7, 11) is 1.63. The lowest BCUT2D eigenvalue weighted by Gasteiger charge is -2.22. The van der Waals surface area contributed by atoms with Crippen molar-refractivity contribution < 1.29 is 14.3 Å². The molecule has 0 bridgehead atoms. The number of carbonyl (C=O) groups is 1. The molecule has 0 unspecified atom stereocenters. The second-order valence-electron chi connectivity index (χ2n) is 4.59. The molecule has 4 nitrogen and oxygen atoms in total. The van der Waals surface area contributed by atoms with Gasteiger partial charge in [-0.2, -0.15) is 0 Å². The molecule has 0 amide bonds. The number of hydrogen-bond donors (Lipinski definition) is 1. The van der Waals surface area contributed by atoms with E-state index in [0.29, 0.717) is 29.3 Å². The average Bonchev–Trinajstić information content (AvgIpc) is 2.32. The van der Waals surface area contributed by atoms with Crippen LogP contribution in [-0.4, -0.2) is 25.3 Å². The SMILES string of the molecule is COC(C)(C)CCOC(=O)c1ccc(N)c(Cl)c1. The van der Waals surface area contributed by atoms with Crippen molar-refractivity contribution in [1.82, 2.24) is 0 Å². The summed E-state index contributed by atoms with van der Waals surface area (Å²) in [6, 6.07) is 4.67. The minimum Gasteiger partial charge on any atom is -0.462 e. The predicted octanol–water partition coefficient (Wildman–Crippen LogP) is 2.89. The second-order valence-corrected chi connectivity index (χ2v) is 4.99. The number of ether oxygens (including phenoxy) is 2. The molecular formula is C13H18ClNO3. The number of rotatable bonds is 5. The van der Waals surface area contributed by atoms with Crippen LogP contribution in [-0.2, 0) is 9.47 Å². The largest absolute Gasteiger partial charge is 0.462 e. The highest BCUT2D eigenvalue weighted by atomic mass is 35.5. The van der Waals surface area contributed by atoms with E-state index in [1.807, 2.05) is 13.8 Å². The lowest BCUT2D eigenvalue weighted by Crippen LogP contribution is -2.25. The zero-order chi connectivity index (χ0) is 13.8. The summed E-state index contributed by atoms with van der Waals surface area (Å²) in [5, 5.41) is 0.349. The van der Waals surface area contributed by atoms with Crippen LogP contribution in [0, 0.1) is 0 Å². The van der Waals surface area contributed by atoms with Crippen LogP contribution >= 0.6 is 11.6 Å². The number of carbonyl (C=O) groups excluding carboxylic acids is 1. The van der Waals surface area contributed by atoms with Gasteiger partial charge in [-0.05, 0) is 32.0 Å². The van der Waals surface area contributed by atoms with Crippen molar-refractivity contribution in [1.29, 1.82) is 0 Å². The molecule has 0 fully saturated rings. The number of methoxy groups -OCH3 is 1. The van der Waals surface area contributed by atoms with Crippen molar-refractivity contribution in [2.24, 2.45) is 0 Å². The fourth-order valence-corrected chi connectivity index (χ4v) is 1.41. The van der Waals surface area contributed by atoms with Crippen LogP contribution < -0.4 is 5.73 Å². The van der Waals surface area contributed by atoms with E-state index in [-0.39, 0.29) is 5.60 Å².